The molecule has 0 amide bonds. The van der Waals surface area contributed by atoms with E-state index >= 15 is 0 Å². The molecule has 0 aliphatic rings. The van der Waals surface area contributed by atoms with Gasteiger partial charge in [-0.3, -0.25) is 4.79 Å². The van der Waals surface area contributed by atoms with Gasteiger partial charge in [0.05, 0.1) is 0 Å². The summed E-state index contributed by atoms with van der Waals surface area (Å²) < 4.78 is 35.3. The van der Waals surface area contributed by atoms with Gasteiger partial charge in [0, 0.05) is 23.1 Å². The summed E-state index contributed by atoms with van der Waals surface area (Å²) >= 11 is 0. The van der Waals surface area contributed by atoms with E-state index < -0.39 is 15.7 Å². The molecule has 7 heteroatoms. The smallest absolute Gasteiger partial charge is 0.339 e. The lowest BCUT2D eigenvalue weighted by Gasteiger charge is -2.11. The molecular formula is C20H18O6S. The van der Waals surface area contributed by atoms with E-state index in [1.807, 2.05) is 13.8 Å². The molecule has 0 unspecified atom stereocenters. The van der Waals surface area contributed by atoms with Crippen LogP contribution in [0.25, 0.3) is 11.0 Å². The summed E-state index contributed by atoms with van der Waals surface area (Å²) in [5.41, 5.74) is 1.34. The van der Waals surface area contributed by atoms with Gasteiger partial charge in [0.25, 0.3) is 0 Å². The van der Waals surface area contributed by atoms with E-state index in [0.29, 0.717) is 23.7 Å². The first-order valence-corrected chi connectivity index (χ1v) is 9.82. The summed E-state index contributed by atoms with van der Waals surface area (Å²) in [6.45, 7) is 3.79. The number of hydrogen-bond acceptors (Lipinski definition) is 6. The quantitative estimate of drug-likeness (QED) is 0.365. The maximum absolute atomic E-state index is 12.5. The average molecular weight is 386 g/mol. The molecule has 0 N–H and O–H groups in total. The third kappa shape index (κ3) is 3.93. The van der Waals surface area contributed by atoms with Gasteiger partial charge < -0.3 is 8.60 Å². The van der Waals surface area contributed by atoms with Crippen LogP contribution in [0.1, 0.15) is 34.8 Å². The number of fused-ring (bicyclic) bond motifs is 1. The highest BCUT2D eigenvalue weighted by molar-refractivity contribution is 7.87. The van der Waals surface area contributed by atoms with Crippen molar-refractivity contribution in [3.05, 3.63) is 69.6 Å². The van der Waals surface area contributed by atoms with Crippen molar-refractivity contribution in [1.29, 1.82) is 0 Å². The molecule has 3 aromatic rings. The second-order valence-corrected chi connectivity index (χ2v) is 7.74. The summed E-state index contributed by atoms with van der Waals surface area (Å²) in [6, 6.07) is 10.2. The lowest BCUT2D eigenvalue weighted by atomic mass is 10.0. The third-order valence-corrected chi connectivity index (χ3v) is 5.35. The molecule has 0 radical (unpaired) electrons. The lowest BCUT2D eigenvalue weighted by Crippen LogP contribution is -2.10. The van der Waals surface area contributed by atoms with Crippen LogP contribution in [0.5, 0.6) is 5.75 Å². The summed E-state index contributed by atoms with van der Waals surface area (Å²) in [4.78, 5) is 23.4. The molecule has 0 spiro atoms. The molecule has 0 atom stereocenters. The monoisotopic (exact) mass is 386 g/mol. The summed E-state index contributed by atoms with van der Waals surface area (Å²) in [5.74, 6) is -0.0954. The van der Waals surface area contributed by atoms with Crippen LogP contribution in [0.4, 0.5) is 0 Å². The number of carbonyl (C=O) groups excluding carboxylic acids is 1. The molecule has 0 bridgehead atoms. The Kier molecular flexibility index (Phi) is 5.14. The minimum absolute atomic E-state index is 0.0120. The predicted molar refractivity (Wildman–Crippen MR) is 101 cm³/mol. The number of rotatable bonds is 6. The van der Waals surface area contributed by atoms with Crippen LogP contribution >= 0.6 is 0 Å². The van der Waals surface area contributed by atoms with Crippen molar-refractivity contribution in [2.24, 2.45) is 0 Å². The van der Waals surface area contributed by atoms with Crippen molar-refractivity contribution < 1.29 is 21.8 Å². The molecule has 0 aliphatic carbocycles. The first-order valence-electron chi connectivity index (χ1n) is 8.41. The molecule has 27 heavy (non-hydrogen) atoms. The minimum atomic E-state index is -4.09. The Hall–Kier alpha value is -2.93. The van der Waals surface area contributed by atoms with Gasteiger partial charge in [-0.1, -0.05) is 31.0 Å². The van der Waals surface area contributed by atoms with Crippen molar-refractivity contribution in [1.82, 2.24) is 0 Å². The Labute approximate surface area is 156 Å². The van der Waals surface area contributed by atoms with Crippen LogP contribution in [0.2, 0.25) is 0 Å². The second-order valence-electron chi connectivity index (χ2n) is 6.19. The van der Waals surface area contributed by atoms with Gasteiger partial charge >= 0.3 is 15.7 Å². The lowest BCUT2D eigenvalue weighted by molar-refractivity contribution is 0.112. The molecule has 2 aromatic carbocycles. The Morgan fingerprint density at radius 2 is 1.81 bits per heavy atom. The average Bonchev–Trinajstić information content (AvgIpc) is 2.60. The fraction of sp³-hybridized carbons (Fsp3) is 0.200. The van der Waals surface area contributed by atoms with Gasteiger partial charge in [-0.05, 0) is 37.1 Å². The van der Waals surface area contributed by atoms with Crippen LogP contribution in [-0.2, 0) is 16.5 Å². The number of hydrogen-bond donors (Lipinski definition) is 0. The van der Waals surface area contributed by atoms with Crippen molar-refractivity contribution in [3.8, 4) is 5.75 Å². The second kappa shape index (κ2) is 7.36. The van der Waals surface area contributed by atoms with Crippen LogP contribution in [0.15, 0.2) is 56.6 Å². The molecule has 0 saturated heterocycles. The number of aldehydes is 1. The van der Waals surface area contributed by atoms with Crippen molar-refractivity contribution in [3.63, 3.8) is 0 Å². The van der Waals surface area contributed by atoms with Gasteiger partial charge in [-0.2, -0.15) is 8.42 Å². The van der Waals surface area contributed by atoms with Crippen LogP contribution in [0.3, 0.4) is 0 Å². The predicted octanol–water partition coefficient (Wildman–Crippen LogP) is 3.63. The van der Waals surface area contributed by atoms with E-state index in [9.17, 15) is 18.0 Å². The number of aryl methyl sites for hydroxylation is 2. The molecule has 1 aromatic heterocycles. The fourth-order valence-electron chi connectivity index (χ4n) is 2.87. The SMILES string of the molecule is CCCc1cc(=O)oc2cc(OS(=O)(=O)c3ccc(C)cc3)cc(C=O)c12. The van der Waals surface area contributed by atoms with E-state index in [2.05, 4.69) is 0 Å². The highest BCUT2D eigenvalue weighted by Gasteiger charge is 2.19. The standard InChI is InChI=1S/C20H18O6S/c1-3-4-14-10-19(22)25-18-11-16(9-15(12-21)20(14)18)26-27(23,24)17-7-5-13(2)6-8-17/h5-12H,3-4H2,1-2H3. The third-order valence-electron chi connectivity index (χ3n) is 4.09. The van der Waals surface area contributed by atoms with Crippen molar-refractivity contribution in [2.75, 3.05) is 0 Å². The van der Waals surface area contributed by atoms with Crippen LogP contribution < -0.4 is 9.81 Å². The van der Waals surface area contributed by atoms with E-state index in [1.165, 1.54) is 30.3 Å². The molecule has 0 fully saturated rings. The highest BCUT2D eigenvalue weighted by atomic mass is 32.2. The topological polar surface area (TPSA) is 90.7 Å². The van der Waals surface area contributed by atoms with Crippen LogP contribution in [-0.4, -0.2) is 14.7 Å². The number of benzene rings is 2. The minimum Gasteiger partial charge on any atom is -0.423 e. The Morgan fingerprint density at radius 3 is 2.44 bits per heavy atom. The molecule has 1 heterocycles. The highest BCUT2D eigenvalue weighted by Crippen LogP contribution is 2.29. The summed E-state index contributed by atoms with van der Waals surface area (Å²) in [5, 5.41) is 0.492. The zero-order valence-corrected chi connectivity index (χ0v) is 15.7. The van der Waals surface area contributed by atoms with Crippen molar-refractivity contribution >= 4 is 27.4 Å². The fourth-order valence-corrected chi connectivity index (χ4v) is 3.79. The van der Waals surface area contributed by atoms with E-state index in [-0.39, 0.29) is 21.8 Å². The Morgan fingerprint density at radius 1 is 1.11 bits per heavy atom. The molecule has 3 rings (SSSR count). The van der Waals surface area contributed by atoms with Gasteiger partial charge in [0.1, 0.15) is 16.2 Å². The van der Waals surface area contributed by atoms with Gasteiger partial charge in [-0.15, -0.1) is 0 Å². The van der Waals surface area contributed by atoms with E-state index in [1.54, 1.807) is 12.1 Å². The van der Waals surface area contributed by atoms with Gasteiger partial charge in [0.2, 0.25) is 0 Å². The zero-order chi connectivity index (χ0) is 19.6. The Bertz CT molecular complexity index is 1160. The van der Waals surface area contributed by atoms with Gasteiger partial charge in [0.15, 0.2) is 6.29 Å². The Balaban J connectivity index is 2.11. The number of carbonyl (C=O) groups is 1. The van der Waals surface area contributed by atoms with Crippen molar-refractivity contribution in [2.45, 2.75) is 31.6 Å². The zero-order valence-electron chi connectivity index (χ0n) is 14.9. The molecule has 0 aliphatic heterocycles. The largest absolute Gasteiger partial charge is 0.423 e. The summed E-state index contributed by atoms with van der Waals surface area (Å²) in [6.07, 6.45) is 1.95. The maximum Gasteiger partial charge on any atom is 0.339 e. The van der Waals surface area contributed by atoms with E-state index in [4.69, 9.17) is 8.60 Å². The van der Waals surface area contributed by atoms with Crippen LogP contribution in [0, 0.1) is 6.92 Å². The molecular weight excluding hydrogens is 368 g/mol. The summed E-state index contributed by atoms with van der Waals surface area (Å²) in [7, 11) is -4.09. The van der Waals surface area contributed by atoms with Gasteiger partial charge in [-0.25, -0.2) is 4.79 Å². The molecule has 6 nitrogen and oxygen atoms in total. The first-order chi connectivity index (χ1) is 12.8. The maximum atomic E-state index is 12.5. The normalized spacial score (nSPS) is 11.5. The molecule has 0 saturated carbocycles. The molecule has 140 valence electrons. The van der Waals surface area contributed by atoms with E-state index in [0.717, 1.165) is 12.0 Å². The first kappa shape index (κ1) is 18.8.